The van der Waals surface area contributed by atoms with Gasteiger partial charge >= 0.3 is 0 Å². The molecule has 1 amide bonds. The summed E-state index contributed by atoms with van der Waals surface area (Å²) in [5.74, 6) is 0.477. The molecule has 2 aliphatic carbocycles. The van der Waals surface area contributed by atoms with E-state index in [1.54, 1.807) is 0 Å². The van der Waals surface area contributed by atoms with Gasteiger partial charge in [0.2, 0.25) is 5.91 Å². The van der Waals surface area contributed by atoms with Crippen molar-refractivity contribution in [3.63, 3.8) is 0 Å². The van der Waals surface area contributed by atoms with E-state index in [0.717, 1.165) is 31.4 Å². The third-order valence-electron chi connectivity index (χ3n) is 4.84. The third kappa shape index (κ3) is 2.91. The van der Waals surface area contributed by atoms with E-state index in [9.17, 15) is 4.79 Å². The van der Waals surface area contributed by atoms with Crippen LogP contribution >= 0.6 is 0 Å². The summed E-state index contributed by atoms with van der Waals surface area (Å²) in [5.41, 5.74) is 7.59. The van der Waals surface area contributed by atoms with Crippen molar-refractivity contribution in [1.29, 1.82) is 0 Å². The van der Waals surface area contributed by atoms with Gasteiger partial charge in [0.25, 0.3) is 0 Å². The van der Waals surface area contributed by atoms with Crippen molar-refractivity contribution < 1.29 is 4.79 Å². The molecule has 2 atom stereocenters. The summed E-state index contributed by atoms with van der Waals surface area (Å²) >= 11 is 0. The van der Waals surface area contributed by atoms with Gasteiger partial charge in [-0.2, -0.15) is 5.10 Å². The summed E-state index contributed by atoms with van der Waals surface area (Å²) in [4.78, 5) is 12.3. The molecule has 0 spiro atoms. The van der Waals surface area contributed by atoms with Gasteiger partial charge in [-0.15, -0.1) is 0 Å². The second-order valence-electron chi connectivity index (χ2n) is 6.40. The summed E-state index contributed by atoms with van der Waals surface area (Å²) in [6, 6.07) is 18.6. The van der Waals surface area contributed by atoms with Crippen molar-refractivity contribution >= 4 is 11.6 Å². The van der Waals surface area contributed by atoms with Crippen LogP contribution in [0, 0.1) is 5.92 Å². The molecule has 0 unspecified atom stereocenters. The number of aryl methyl sites for hydroxylation is 1. The van der Waals surface area contributed by atoms with Crippen molar-refractivity contribution in [1.82, 2.24) is 5.43 Å². The fourth-order valence-electron chi connectivity index (χ4n) is 3.48. The Hall–Kier alpha value is -2.42. The number of hydrazone groups is 1. The quantitative estimate of drug-likeness (QED) is 0.864. The second kappa shape index (κ2) is 5.99. The Bertz CT molecular complexity index is 751. The van der Waals surface area contributed by atoms with Crippen LogP contribution in [0.4, 0.5) is 0 Å². The molecular formula is C20H20N2O. The van der Waals surface area contributed by atoms with Crippen molar-refractivity contribution in [2.45, 2.75) is 31.6 Å². The highest BCUT2D eigenvalue weighted by atomic mass is 16.2. The molecular weight excluding hydrogens is 284 g/mol. The Balaban J connectivity index is 1.43. The smallest absolute Gasteiger partial charge is 0.243 e. The highest BCUT2D eigenvalue weighted by molar-refractivity contribution is 6.03. The van der Waals surface area contributed by atoms with Crippen molar-refractivity contribution in [2.24, 2.45) is 11.0 Å². The fourth-order valence-corrected chi connectivity index (χ4v) is 3.48. The number of nitrogens with one attached hydrogen (secondary N) is 1. The number of hydrogen-bond acceptors (Lipinski definition) is 2. The monoisotopic (exact) mass is 304 g/mol. The number of benzene rings is 2. The van der Waals surface area contributed by atoms with Gasteiger partial charge in [0.05, 0.1) is 5.71 Å². The van der Waals surface area contributed by atoms with Crippen LogP contribution < -0.4 is 5.43 Å². The van der Waals surface area contributed by atoms with E-state index in [1.165, 1.54) is 16.7 Å². The van der Waals surface area contributed by atoms with Gasteiger partial charge in [0, 0.05) is 11.5 Å². The van der Waals surface area contributed by atoms with E-state index in [-0.39, 0.29) is 11.8 Å². The minimum Gasteiger partial charge on any atom is -0.273 e. The number of carbonyl (C=O) groups is 1. The highest BCUT2D eigenvalue weighted by Gasteiger charge is 2.43. The Morgan fingerprint density at radius 3 is 2.65 bits per heavy atom. The van der Waals surface area contributed by atoms with Crippen molar-refractivity contribution in [2.75, 3.05) is 0 Å². The number of carbonyl (C=O) groups excluding carboxylic acids is 1. The minimum absolute atomic E-state index is 0.0504. The van der Waals surface area contributed by atoms with Crippen LogP contribution in [-0.4, -0.2) is 11.6 Å². The molecule has 3 heteroatoms. The zero-order valence-corrected chi connectivity index (χ0v) is 13.0. The molecule has 2 aliphatic rings. The van der Waals surface area contributed by atoms with Crippen molar-refractivity contribution in [3.8, 4) is 0 Å². The van der Waals surface area contributed by atoms with E-state index in [4.69, 9.17) is 0 Å². The van der Waals surface area contributed by atoms with Crippen LogP contribution in [0.15, 0.2) is 59.7 Å². The molecule has 0 aromatic heterocycles. The Morgan fingerprint density at radius 2 is 1.78 bits per heavy atom. The lowest BCUT2D eigenvalue weighted by Crippen LogP contribution is -2.23. The van der Waals surface area contributed by atoms with Crippen LogP contribution in [0.3, 0.4) is 0 Å². The lowest BCUT2D eigenvalue weighted by molar-refractivity contribution is -0.122. The largest absolute Gasteiger partial charge is 0.273 e. The molecule has 0 heterocycles. The van der Waals surface area contributed by atoms with Gasteiger partial charge in [-0.25, -0.2) is 5.43 Å². The van der Waals surface area contributed by atoms with Crippen LogP contribution in [0.1, 0.15) is 41.9 Å². The second-order valence-corrected chi connectivity index (χ2v) is 6.40. The average Bonchev–Trinajstić information content (AvgIpc) is 3.41. The number of rotatable bonds is 3. The molecule has 116 valence electrons. The van der Waals surface area contributed by atoms with E-state index in [2.05, 4.69) is 40.9 Å². The molecule has 23 heavy (non-hydrogen) atoms. The Morgan fingerprint density at radius 1 is 1.00 bits per heavy atom. The number of nitrogens with zero attached hydrogens (tertiary/aromatic N) is 1. The molecule has 4 rings (SSSR count). The van der Waals surface area contributed by atoms with E-state index < -0.39 is 0 Å². The molecule has 2 aromatic rings. The van der Waals surface area contributed by atoms with E-state index >= 15 is 0 Å². The highest BCUT2D eigenvalue weighted by Crippen LogP contribution is 2.47. The molecule has 2 aromatic carbocycles. The molecule has 3 nitrogen and oxygen atoms in total. The summed E-state index contributed by atoms with van der Waals surface area (Å²) in [6.45, 7) is 0. The molecule has 0 radical (unpaired) electrons. The third-order valence-corrected chi connectivity index (χ3v) is 4.84. The van der Waals surface area contributed by atoms with E-state index in [1.807, 2.05) is 24.3 Å². The zero-order chi connectivity index (χ0) is 15.6. The van der Waals surface area contributed by atoms with Gasteiger partial charge in [-0.3, -0.25) is 4.79 Å². The Kier molecular flexibility index (Phi) is 3.70. The fraction of sp³-hybridized carbons (Fsp3) is 0.300. The minimum atomic E-state index is 0.0504. The predicted octanol–water partition coefficient (Wildman–Crippen LogP) is 3.65. The Labute approximate surface area is 136 Å². The molecule has 1 saturated carbocycles. The van der Waals surface area contributed by atoms with Gasteiger partial charge in [-0.1, -0.05) is 54.6 Å². The van der Waals surface area contributed by atoms with E-state index in [0.29, 0.717) is 5.92 Å². The first-order chi connectivity index (χ1) is 11.3. The standard InChI is InChI=1S/C20H20N2O/c23-20(18-13-17(18)15-7-2-1-3-8-15)22-21-19-12-6-10-14-9-4-5-11-16(14)19/h1-5,7-9,11,17-18H,6,10,12-13H2,(H,22,23)/t17-,18-/m0/s1. The summed E-state index contributed by atoms with van der Waals surface area (Å²) < 4.78 is 0. The molecule has 0 aliphatic heterocycles. The SMILES string of the molecule is O=C(NN=C1CCCc2ccccc21)[C@H]1C[C@H]1c1ccccc1. The topological polar surface area (TPSA) is 41.5 Å². The summed E-state index contributed by atoms with van der Waals surface area (Å²) in [7, 11) is 0. The van der Waals surface area contributed by atoms with Crippen LogP contribution in [0.5, 0.6) is 0 Å². The summed E-state index contributed by atoms with van der Waals surface area (Å²) in [5, 5.41) is 4.43. The number of amides is 1. The van der Waals surface area contributed by atoms with Gasteiger partial charge in [0.1, 0.15) is 0 Å². The lowest BCUT2D eigenvalue weighted by Gasteiger charge is -2.17. The predicted molar refractivity (Wildman–Crippen MR) is 91.3 cm³/mol. The zero-order valence-electron chi connectivity index (χ0n) is 13.0. The van der Waals surface area contributed by atoms with Crippen LogP contribution in [0.2, 0.25) is 0 Å². The van der Waals surface area contributed by atoms with Crippen LogP contribution in [-0.2, 0) is 11.2 Å². The first-order valence-electron chi connectivity index (χ1n) is 8.32. The lowest BCUT2D eigenvalue weighted by atomic mass is 9.90. The van der Waals surface area contributed by atoms with Crippen molar-refractivity contribution in [3.05, 3.63) is 71.3 Å². The molecule has 0 saturated heterocycles. The average molecular weight is 304 g/mol. The number of hydrogen-bond donors (Lipinski definition) is 1. The molecule has 1 N–H and O–H groups in total. The first-order valence-corrected chi connectivity index (χ1v) is 8.32. The first kappa shape index (κ1) is 14.2. The van der Waals surface area contributed by atoms with Gasteiger partial charge in [-0.05, 0) is 42.7 Å². The maximum absolute atomic E-state index is 12.3. The molecule has 1 fully saturated rings. The van der Waals surface area contributed by atoms with Crippen LogP contribution in [0.25, 0.3) is 0 Å². The maximum Gasteiger partial charge on any atom is 0.243 e. The maximum atomic E-state index is 12.3. The van der Waals surface area contributed by atoms with Gasteiger partial charge in [0.15, 0.2) is 0 Å². The normalized spacial score (nSPS) is 24.1. The van der Waals surface area contributed by atoms with Gasteiger partial charge < -0.3 is 0 Å². The number of fused-ring (bicyclic) bond motifs is 1. The molecule has 0 bridgehead atoms. The summed E-state index contributed by atoms with van der Waals surface area (Å²) in [6.07, 6.45) is 4.06.